The smallest absolute Gasteiger partial charge is 0.340 e. The molecule has 0 unspecified atom stereocenters. The number of Topliss-reactive ketones (excluding diaryl/α,β-unsaturated/α-hetero) is 1. The second kappa shape index (κ2) is 8.95. The van der Waals surface area contributed by atoms with Crippen LogP contribution in [-0.4, -0.2) is 43.4 Å². The molecule has 0 saturated carbocycles. The second-order valence-electron chi connectivity index (χ2n) is 6.23. The van der Waals surface area contributed by atoms with Gasteiger partial charge in [-0.2, -0.15) is 5.10 Å². The van der Waals surface area contributed by atoms with Gasteiger partial charge in [-0.15, -0.1) is 0 Å². The van der Waals surface area contributed by atoms with E-state index in [-0.39, 0.29) is 34.9 Å². The third-order valence-corrected chi connectivity index (χ3v) is 4.50. The monoisotopic (exact) mass is 408 g/mol. The van der Waals surface area contributed by atoms with Crippen LogP contribution in [-0.2, 0) is 4.79 Å². The number of fused-ring (bicyclic) bond motifs is 1. The number of carboxylic acid groups (broad SMARTS) is 1. The summed E-state index contributed by atoms with van der Waals surface area (Å²) in [6.07, 6.45) is 0. The molecule has 0 bridgehead atoms. The minimum Gasteiger partial charge on any atom is -0.493 e. The van der Waals surface area contributed by atoms with Crippen molar-refractivity contribution in [2.75, 3.05) is 20.8 Å². The lowest BCUT2D eigenvalue weighted by atomic mass is 9.98. The Kier molecular flexibility index (Phi) is 6.17. The Morgan fingerprint density at radius 3 is 2.37 bits per heavy atom. The molecule has 0 fully saturated rings. The highest BCUT2D eigenvalue weighted by molar-refractivity contribution is 6.47. The predicted octanol–water partition coefficient (Wildman–Crippen LogP) is 2.87. The molecule has 0 aliphatic rings. The molecule has 0 aliphatic heterocycles. The van der Waals surface area contributed by atoms with Crippen molar-refractivity contribution in [3.63, 3.8) is 0 Å². The lowest BCUT2D eigenvalue weighted by Gasteiger charge is -2.15. The summed E-state index contributed by atoms with van der Waals surface area (Å²) in [7, 11) is 2.68. The summed E-state index contributed by atoms with van der Waals surface area (Å²) in [6, 6.07) is 16.0. The highest BCUT2D eigenvalue weighted by atomic mass is 16.5. The van der Waals surface area contributed by atoms with Gasteiger partial charge in [-0.25, -0.2) is 4.79 Å². The van der Waals surface area contributed by atoms with Gasteiger partial charge in [-0.1, -0.05) is 30.3 Å². The van der Waals surface area contributed by atoms with Gasteiger partial charge in [0.25, 0.3) is 0 Å². The predicted molar refractivity (Wildman–Crippen MR) is 112 cm³/mol. The number of carbonyl (C=O) groups excluding carboxylic acids is 1. The molecule has 0 spiro atoms. The number of methoxy groups -OCH3 is 2. The Balaban J connectivity index is 1.88. The van der Waals surface area contributed by atoms with Crippen molar-refractivity contribution in [1.82, 2.24) is 0 Å². The van der Waals surface area contributed by atoms with Crippen LogP contribution in [0.1, 0.15) is 15.9 Å². The topological polar surface area (TPSA) is 120 Å². The van der Waals surface area contributed by atoms with E-state index in [1.54, 1.807) is 12.1 Å². The third-order valence-electron chi connectivity index (χ3n) is 4.50. The first-order chi connectivity index (χ1) is 14.5. The van der Waals surface area contributed by atoms with Gasteiger partial charge in [0.05, 0.1) is 14.2 Å². The average molecular weight is 408 g/mol. The van der Waals surface area contributed by atoms with Gasteiger partial charge in [0.2, 0.25) is 5.78 Å². The number of carboxylic acids is 1. The Labute approximate surface area is 172 Å². The molecule has 0 radical (unpaired) electrons. The number of ether oxygens (including phenoxy) is 3. The van der Waals surface area contributed by atoms with Crippen LogP contribution in [0.5, 0.6) is 17.2 Å². The number of rotatable bonds is 8. The van der Waals surface area contributed by atoms with Crippen LogP contribution < -0.4 is 20.1 Å². The first-order valence-corrected chi connectivity index (χ1v) is 8.91. The Morgan fingerprint density at radius 2 is 1.73 bits per heavy atom. The number of hydrogen-bond acceptors (Lipinski definition) is 7. The number of carbonyl (C=O) groups is 2. The van der Waals surface area contributed by atoms with Crippen molar-refractivity contribution in [2.24, 2.45) is 10.9 Å². The first-order valence-electron chi connectivity index (χ1n) is 8.91. The van der Waals surface area contributed by atoms with Crippen LogP contribution in [0.2, 0.25) is 0 Å². The summed E-state index contributed by atoms with van der Waals surface area (Å²) in [6.45, 7) is -0.373. The number of benzene rings is 3. The average Bonchev–Trinajstić information content (AvgIpc) is 2.77. The number of hydrogen-bond donors (Lipinski definition) is 2. The van der Waals surface area contributed by atoms with E-state index in [0.29, 0.717) is 5.75 Å². The molecular formula is C22H20N2O6. The van der Waals surface area contributed by atoms with Gasteiger partial charge in [0.15, 0.2) is 18.1 Å². The summed E-state index contributed by atoms with van der Waals surface area (Å²) >= 11 is 0. The quantitative estimate of drug-likeness (QED) is 0.334. The molecule has 0 aliphatic carbocycles. The maximum atomic E-state index is 12.7. The van der Waals surface area contributed by atoms with E-state index in [1.165, 1.54) is 26.4 Å². The van der Waals surface area contributed by atoms with E-state index >= 15 is 0 Å². The molecule has 3 aromatic rings. The summed E-state index contributed by atoms with van der Waals surface area (Å²) in [5, 5.41) is 15.2. The SMILES string of the molecule is COc1ccc(/C(=N\N)C(=O)COc2ccc3ccccc3c2)c(C(=O)O)c1OC. The molecule has 8 heteroatoms. The number of hydrazone groups is 1. The molecule has 3 aromatic carbocycles. The van der Waals surface area contributed by atoms with Gasteiger partial charge >= 0.3 is 5.97 Å². The number of nitrogens with zero attached hydrogens (tertiary/aromatic N) is 1. The van der Waals surface area contributed by atoms with E-state index in [0.717, 1.165) is 10.8 Å². The second-order valence-corrected chi connectivity index (χ2v) is 6.23. The zero-order valence-electron chi connectivity index (χ0n) is 16.4. The zero-order valence-corrected chi connectivity index (χ0v) is 16.4. The molecule has 0 amide bonds. The van der Waals surface area contributed by atoms with E-state index in [4.69, 9.17) is 20.1 Å². The maximum absolute atomic E-state index is 12.7. The van der Waals surface area contributed by atoms with Crippen molar-refractivity contribution in [3.8, 4) is 17.2 Å². The van der Waals surface area contributed by atoms with E-state index in [1.807, 2.05) is 30.3 Å². The number of aromatic carboxylic acids is 1. The molecule has 3 rings (SSSR count). The van der Waals surface area contributed by atoms with Crippen LogP contribution in [0.3, 0.4) is 0 Å². The molecule has 0 aromatic heterocycles. The van der Waals surface area contributed by atoms with Crippen LogP contribution in [0.4, 0.5) is 0 Å². The van der Waals surface area contributed by atoms with Crippen LogP contribution in [0.15, 0.2) is 59.7 Å². The van der Waals surface area contributed by atoms with Crippen LogP contribution in [0.25, 0.3) is 10.8 Å². The number of ketones is 1. The molecule has 30 heavy (non-hydrogen) atoms. The van der Waals surface area contributed by atoms with Crippen LogP contribution >= 0.6 is 0 Å². The molecule has 0 saturated heterocycles. The Hall–Kier alpha value is -4.07. The summed E-state index contributed by atoms with van der Waals surface area (Å²) in [5.74, 6) is 4.19. The van der Waals surface area contributed by atoms with E-state index < -0.39 is 11.8 Å². The van der Waals surface area contributed by atoms with E-state index in [2.05, 4.69) is 5.10 Å². The van der Waals surface area contributed by atoms with Gasteiger partial charge in [-0.05, 0) is 35.0 Å². The lowest BCUT2D eigenvalue weighted by molar-refractivity contribution is -0.114. The molecule has 0 heterocycles. The van der Waals surface area contributed by atoms with Crippen molar-refractivity contribution >= 4 is 28.2 Å². The molecule has 3 N–H and O–H groups in total. The molecule has 8 nitrogen and oxygen atoms in total. The minimum atomic E-state index is -1.31. The standard InChI is InChI=1S/C22H20N2O6/c1-28-18-10-9-16(19(22(26)27)21(18)29-2)20(24-23)17(25)12-30-15-8-7-13-5-3-4-6-14(13)11-15/h3-11H,12,23H2,1-2H3,(H,26,27)/b24-20+. The summed E-state index contributed by atoms with van der Waals surface area (Å²) in [4.78, 5) is 24.6. The van der Waals surface area contributed by atoms with Crippen molar-refractivity contribution in [2.45, 2.75) is 0 Å². The first kappa shape index (κ1) is 20.7. The molecule has 0 atom stereocenters. The fourth-order valence-electron chi connectivity index (χ4n) is 3.10. The van der Waals surface area contributed by atoms with Crippen LogP contribution in [0, 0.1) is 0 Å². The normalized spacial score (nSPS) is 11.2. The van der Waals surface area contributed by atoms with E-state index in [9.17, 15) is 14.7 Å². The minimum absolute atomic E-state index is 0.00904. The fourth-order valence-corrected chi connectivity index (χ4v) is 3.10. The largest absolute Gasteiger partial charge is 0.493 e. The highest BCUT2D eigenvalue weighted by Crippen LogP contribution is 2.34. The molecule has 154 valence electrons. The van der Waals surface area contributed by atoms with Gasteiger partial charge < -0.3 is 25.2 Å². The summed E-state index contributed by atoms with van der Waals surface area (Å²) < 4.78 is 15.9. The fraction of sp³-hybridized carbons (Fsp3) is 0.136. The Bertz CT molecular complexity index is 1140. The lowest BCUT2D eigenvalue weighted by Crippen LogP contribution is -2.26. The highest BCUT2D eigenvalue weighted by Gasteiger charge is 2.27. The zero-order chi connectivity index (χ0) is 21.7. The maximum Gasteiger partial charge on any atom is 0.340 e. The van der Waals surface area contributed by atoms with Gasteiger partial charge in [0.1, 0.15) is 17.0 Å². The Morgan fingerprint density at radius 1 is 1.00 bits per heavy atom. The molecular weight excluding hydrogens is 388 g/mol. The van der Waals surface area contributed by atoms with Gasteiger partial charge in [-0.3, -0.25) is 4.79 Å². The third kappa shape index (κ3) is 4.02. The van der Waals surface area contributed by atoms with Crippen molar-refractivity contribution in [3.05, 3.63) is 65.7 Å². The summed E-state index contributed by atoms with van der Waals surface area (Å²) in [5.41, 5.74) is -0.510. The van der Waals surface area contributed by atoms with Crippen molar-refractivity contribution < 1.29 is 28.9 Å². The van der Waals surface area contributed by atoms with Crippen molar-refractivity contribution in [1.29, 1.82) is 0 Å². The van der Waals surface area contributed by atoms with Gasteiger partial charge in [0, 0.05) is 5.56 Å². The number of nitrogens with two attached hydrogens (primary N) is 1.